The molecule has 0 atom stereocenters. The Morgan fingerprint density at radius 2 is 1.83 bits per heavy atom. The molecule has 2 nitrogen and oxygen atoms in total. The van der Waals surface area contributed by atoms with Crippen molar-refractivity contribution in [1.29, 1.82) is 0 Å². The van der Waals surface area contributed by atoms with Gasteiger partial charge in [-0.1, -0.05) is 23.7 Å². The summed E-state index contributed by atoms with van der Waals surface area (Å²) in [5.74, 6) is 0. The summed E-state index contributed by atoms with van der Waals surface area (Å²) in [6.45, 7) is 1.89. The van der Waals surface area contributed by atoms with Gasteiger partial charge in [0.2, 0.25) is 0 Å². The number of aryl methyl sites for hydroxylation is 1. The van der Waals surface area contributed by atoms with Crippen molar-refractivity contribution in [2.75, 3.05) is 0 Å². The standard InChI is InChI=1S/C9H7N2.Y/c1-7-6-10-8-4-2-3-5-9(8)11-7;/h2-5H,1H3;/q-1;. The molecule has 2 aromatic rings. The molecule has 0 aliphatic heterocycles. The number of aromatic nitrogens is 2. The van der Waals surface area contributed by atoms with Crippen LogP contribution in [0.4, 0.5) is 0 Å². The van der Waals surface area contributed by atoms with Crippen LogP contribution in [-0.4, -0.2) is 9.97 Å². The average Bonchev–Trinajstić information content (AvgIpc) is 2.04. The van der Waals surface area contributed by atoms with E-state index >= 15 is 0 Å². The molecule has 0 amide bonds. The van der Waals surface area contributed by atoms with Crippen molar-refractivity contribution in [1.82, 2.24) is 9.97 Å². The molecule has 1 radical (unpaired) electrons. The summed E-state index contributed by atoms with van der Waals surface area (Å²) in [5.41, 5.74) is 2.67. The predicted octanol–water partition coefficient (Wildman–Crippen LogP) is 1.74. The molecule has 0 aliphatic rings. The van der Waals surface area contributed by atoms with Gasteiger partial charge < -0.3 is 4.98 Å². The summed E-state index contributed by atoms with van der Waals surface area (Å²) in [6.07, 6.45) is 2.81. The maximum absolute atomic E-state index is 4.26. The molecule has 0 spiro atoms. The van der Waals surface area contributed by atoms with E-state index in [2.05, 4.69) is 16.2 Å². The van der Waals surface area contributed by atoms with Crippen molar-refractivity contribution >= 4 is 11.0 Å². The van der Waals surface area contributed by atoms with Crippen LogP contribution in [0.15, 0.2) is 24.3 Å². The van der Waals surface area contributed by atoms with Gasteiger partial charge in [0.1, 0.15) is 0 Å². The van der Waals surface area contributed by atoms with Crippen molar-refractivity contribution < 1.29 is 32.7 Å². The smallest absolute Gasteiger partial charge is 0.00509 e. The Morgan fingerprint density at radius 3 is 2.58 bits per heavy atom. The molecule has 0 bridgehead atoms. The van der Waals surface area contributed by atoms with Crippen LogP contribution in [0.3, 0.4) is 0 Å². The number of hydrogen-bond donors (Lipinski definition) is 0. The van der Waals surface area contributed by atoms with E-state index in [1.165, 1.54) is 0 Å². The number of benzene rings is 1. The van der Waals surface area contributed by atoms with Gasteiger partial charge in [0.25, 0.3) is 0 Å². The van der Waals surface area contributed by atoms with E-state index in [1.807, 2.05) is 31.2 Å². The van der Waals surface area contributed by atoms with Crippen LogP contribution < -0.4 is 0 Å². The second-order valence-electron chi connectivity index (χ2n) is 2.41. The van der Waals surface area contributed by atoms with E-state index in [-0.39, 0.29) is 32.7 Å². The Hall–Kier alpha value is -0.336. The molecule has 1 aromatic heterocycles. The Labute approximate surface area is 96.3 Å². The van der Waals surface area contributed by atoms with E-state index in [0.29, 0.717) is 0 Å². The van der Waals surface area contributed by atoms with Crippen LogP contribution in [0.25, 0.3) is 11.0 Å². The van der Waals surface area contributed by atoms with E-state index in [4.69, 9.17) is 0 Å². The number of para-hydroxylation sites is 2. The van der Waals surface area contributed by atoms with Crippen LogP contribution in [0.1, 0.15) is 5.69 Å². The first-order valence-electron chi connectivity index (χ1n) is 3.47. The third kappa shape index (κ3) is 1.88. The Bertz CT molecular complexity index is 387. The fourth-order valence-electron chi connectivity index (χ4n) is 1.00. The molecule has 12 heavy (non-hydrogen) atoms. The largest absolute Gasteiger partial charge is 0.448 e. The van der Waals surface area contributed by atoms with Gasteiger partial charge in [0.05, 0.1) is 0 Å². The van der Waals surface area contributed by atoms with E-state index < -0.39 is 0 Å². The summed E-state index contributed by atoms with van der Waals surface area (Å²) < 4.78 is 0. The molecule has 2 rings (SSSR count). The molecule has 0 fully saturated rings. The topological polar surface area (TPSA) is 25.8 Å². The summed E-state index contributed by atoms with van der Waals surface area (Å²) in [7, 11) is 0. The van der Waals surface area contributed by atoms with Crippen molar-refractivity contribution in [3.63, 3.8) is 0 Å². The van der Waals surface area contributed by atoms with Crippen molar-refractivity contribution in [2.45, 2.75) is 6.92 Å². The average molecular weight is 232 g/mol. The summed E-state index contributed by atoms with van der Waals surface area (Å²) in [5, 5.41) is 0. The van der Waals surface area contributed by atoms with Crippen molar-refractivity contribution in [2.24, 2.45) is 0 Å². The van der Waals surface area contributed by atoms with Crippen LogP contribution in [0.5, 0.6) is 0 Å². The molecule has 0 saturated heterocycles. The second-order valence-corrected chi connectivity index (χ2v) is 2.41. The van der Waals surface area contributed by atoms with Gasteiger partial charge in [0.15, 0.2) is 0 Å². The first kappa shape index (κ1) is 9.75. The molecule has 0 aliphatic carbocycles. The molecule has 0 saturated carbocycles. The molecule has 3 heteroatoms. The van der Waals surface area contributed by atoms with Gasteiger partial charge in [-0.05, 0) is 12.6 Å². The number of rotatable bonds is 0. The minimum atomic E-state index is 0. The van der Waals surface area contributed by atoms with E-state index in [0.717, 1.165) is 16.7 Å². The molecular formula is C9H7N2Y-. The van der Waals surface area contributed by atoms with Crippen LogP contribution in [-0.2, 0) is 32.7 Å². The zero-order valence-electron chi connectivity index (χ0n) is 6.78. The van der Waals surface area contributed by atoms with Crippen molar-refractivity contribution in [3.05, 3.63) is 36.2 Å². The Morgan fingerprint density at radius 1 is 1.17 bits per heavy atom. The molecular weight excluding hydrogens is 225 g/mol. The van der Waals surface area contributed by atoms with Gasteiger partial charge in [-0.25, -0.2) is 0 Å². The minimum Gasteiger partial charge on any atom is -0.448 e. The minimum absolute atomic E-state index is 0. The number of hydrogen-bond acceptors (Lipinski definition) is 2. The van der Waals surface area contributed by atoms with Gasteiger partial charge in [-0.2, -0.15) is 0 Å². The Balaban J connectivity index is 0.000000720. The van der Waals surface area contributed by atoms with Gasteiger partial charge in [-0.15, -0.1) is 12.3 Å². The third-order valence-corrected chi connectivity index (χ3v) is 1.51. The van der Waals surface area contributed by atoms with E-state index in [1.54, 1.807) is 0 Å². The SMILES string of the molecule is Cc1[c-]nc2ccccc2n1.[Y]. The molecule has 0 N–H and O–H groups in total. The van der Waals surface area contributed by atoms with Gasteiger partial charge in [-0.3, -0.25) is 4.98 Å². The van der Waals surface area contributed by atoms with Gasteiger partial charge >= 0.3 is 0 Å². The first-order chi connectivity index (χ1) is 5.36. The monoisotopic (exact) mass is 232 g/mol. The molecule has 1 heterocycles. The summed E-state index contributed by atoms with van der Waals surface area (Å²) in [6, 6.07) is 7.78. The number of nitrogens with zero attached hydrogens (tertiary/aromatic N) is 2. The zero-order chi connectivity index (χ0) is 7.68. The maximum atomic E-state index is 4.26. The zero-order valence-corrected chi connectivity index (χ0v) is 9.62. The summed E-state index contributed by atoms with van der Waals surface area (Å²) >= 11 is 0. The van der Waals surface area contributed by atoms with Crippen molar-refractivity contribution in [3.8, 4) is 0 Å². The first-order valence-corrected chi connectivity index (χ1v) is 3.47. The third-order valence-electron chi connectivity index (χ3n) is 1.51. The van der Waals surface area contributed by atoms with Crippen LogP contribution in [0, 0.1) is 13.1 Å². The Kier molecular flexibility index (Phi) is 3.30. The van der Waals surface area contributed by atoms with E-state index in [9.17, 15) is 0 Å². The quantitative estimate of drug-likeness (QED) is 0.646. The van der Waals surface area contributed by atoms with Crippen LogP contribution in [0.2, 0.25) is 0 Å². The maximum Gasteiger partial charge on any atom is 0.00509 e. The van der Waals surface area contributed by atoms with Gasteiger partial charge in [0, 0.05) is 38.2 Å². The number of fused-ring (bicyclic) bond motifs is 1. The van der Waals surface area contributed by atoms with Crippen LogP contribution >= 0.6 is 0 Å². The second kappa shape index (κ2) is 4.06. The fourth-order valence-corrected chi connectivity index (χ4v) is 1.00. The molecule has 0 unspecified atom stereocenters. The fraction of sp³-hybridized carbons (Fsp3) is 0.111. The predicted molar refractivity (Wildman–Crippen MR) is 43.1 cm³/mol. The summed E-state index contributed by atoms with van der Waals surface area (Å²) in [4.78, 5) is 8.35. The molecule has 1 aromatic carbocycles. The molecule has 57 valence electrons. The normalized spacial score (nSPS) is 9.42.